The van der Waals surface area contributed by atoms with E-state index in [2.05, 4.69) is 0 Å². The number of benzene rings is 1. The summed E-state index contributed by atoms with van der Waals surface area (Å²) in [6.07, 6.45) is 1.29. The molecule has 0 fully saturated rings. The Kier molecular flexibility index (Phi) is 7.23. The monoisotopic (exact) mass is 365 g/mol. The molecular formula is C18H27N3O5. The van der Waals surface area contributed by atoms with Gasteiger partial charge in [0.05, 0.1) is 33.3 Å². The lowest BCUT2D eigenvalue weighted by atomic mass is 10.2. The van der Waals surface area contributed by atoms with Gasteiger partial charge in [-0.15, -0.1) is 0 Å². The summed E-state index contributed by atoms with van der Waals surface area (Å²) in [5, 5.41) is 31.1. The molecule has 1 aromatic carbocycles. The molecule has 0 atom stereocenters. The Morgan fingerprint density at radius 3 is 2.62 bits per heavy atom. The van der Waals surface area contributed by atoms with Crippen LogP contribution in [0.3, 0.4) is 0 Å². The fourth-order valence-electron chi connectivity index (χ4n) is 3.07. The summed E-state index contributed by atoms with van der Waals surface area (Å²) in [4.78, 5) is 13.3. The minimum Gasteiger partial charge on any atom is -0.710 e. The zero-order valence-electron chi connectivity index (χ0n) is 15.3. The quantitative estimate of drug-likeness (QED) is 0.361. The molecule has 2 rings (SSSR count). The van der Waals surface area contributed by atoms with E-state index >= 15 is 0 Å². The highest BCUT2D eigenvalue weighted by Crippen LogP contribution is 2.22. The largest absolute Gasteiger partial charge is 0.710 e. The van der Waals surface area contributed by atoms with Crippen molar-refractivity contribution in [2.45, 2.75) is 26.2 Å². The number of nitrogens with zero attached hydrogens (tertiary/aromatic N) is 3. The van der Waals surface area contributed by atoms with Crippen LogP contribution in [0.5, 0.6) is 0 Å². The Hall–Kier alpha value is -2.32. The van der Waals surface area contributed by atoms with Gasteiger partial charge in [-0.2, -0.15) is 0 Å². The van der Waals surface area contributed by atoms with Crippen molar-refractivity contribution in [2.75, 3.05) is 37.8 Å². The maximum absolute atomic E-state index is 12.7. The maximum Gasteiger partial charge on any atom is 0.305 e. The lowest BCUT2D eigenvalue weighted by molar-refractivity contribution is -0.587. The van der Waals surface area contributed by atoms with Gasteiger partial charge < -0.3 is 25.1 Å². The van der Waals surface area contributed by atoms with E-state index < -0.39 is 0 Å². The molecule has 0 aliphatic carbocycles. The van der Waals surface area contributed by atoms with Gasteiger partial charge in [0, 0.05) is 31.3 Å². The standard InChI is InChI=1S/C18H27N3O5/c1-3-26-18(24)6-4-5-17-19(2)15-8-7-14(13-16(15)21(17)25)20(9-11-22)10-12-23/h7-8,13,22-23H,3-6,9-12H2,1-2H3. The van der Waals surface area contributed by atoms with Crippen molar-refractivity contribution < 1.29 is 24.5 Å². The Labute approximate surface area is 152 Å². The first-order valence-corrected chi connectivity index (χ1v) is 8.86. The summed E-state index contributed by atoms with van der Waals surface area (Å²) in [7, 11) is 1.83. The van der Waals surface area contributed by atoms with E-state index in [1.165, 1.54) is 0 Å². The zero-order valence-corrected chi connectivity index (χ0v) is 15.3. The SMILES string of the molecule is CCOC(=O)CCCc1n(C)c2ccc(N(CCO)CCO)cc2[n+]1[O-]. The molecule has 0 radical (unpaired) electrons. The number of ether oxygens (including phenoxy) is 1. The number of hydrogen-bond acceptors (Lipinski definition) is 6. The second kappa shape index (κ2) is 9.40. The number of aliphatic hydroxyl groups is 2. The van der Waals surface area contributed by atoms with E-state index in [1.807, 2.05) is 28.6 Å². The van der Waals surface area contributed by atoms with Crippen LogP contribution in [0.2, 0.25) is 0 Å². The highest BCUT2D eigenvalue weighted by molar-refractivity contribution is 5.77. The number of fused-ring (bicyclic) bond motifs is 1. The Balaban J connectivity index is 2.23. The van der Waals surface area contributed by atoms with Crippen molar-refractivity contribution in [3.63, 3.8) is 0 Å². The van der Waals surface area contributed by atoms with E-state index in [4.69, 9.17) is 4.74 Å². The fourth-order valence-corrected chi connectivity index (χ4v) is 3.07. The topological polar surface area (TPSA) is 102 Å². The van der Waals surface area contributed by atoms with Crippen LogP contribution in [0.1, 0.15) is 25.6 Å². The first-order chi connectivity index (χ1) is 12.5. The van der Waals surface area contributed by atoms with Crippen molar-refractivity contribution in [3.05, 3.63) is 29.2 Å². The van der Waals surface area contributed by atoms with Gasteiger partial charge >= 0.3 is 5.97 Å². The van der Waals surface area contributed by atoms with Crippen LogP contribution < -0.4 is 9.63 Å². The summed E-state index contributed by atoms with van der Waals surface area (Å²) in [5.41, 5.74) is 2.09. The average Bonchev–Trinajstić information content (AvgIpc) is 2.86. The van der Waals surface area contributed by atoms with Crippen LogP contribution in [-0.4, -0.2) is 53.7 Å². The third-order valence-corrected chi connectivity index (χ3v) is 4.35. The normalized spacial score (nSPS) is 11.1. The number of aromatic nitrogens is 2. The van der Waals surface area contributed by atoms with Crippen LogP contribution >= 0.6 is 0 Å². The molecule has 0 unspecified atom stereocenters. The summed E-state index contributed by atoms with van der Waals surface area (Å²) in [6.45, 7) is 2.80. The number of imidazole rings is 1. The molecule has 8 nitrogen and oxygen atoms in total. The van der Waals surface area contributed by atoms with Crippen molar-refractivity contribution in [1.82, 2.24) is 4.57 Å². The van der Waals surface area contributed by atoms with Gasteiger partial charge in [-0.25, -0.2) is 9.30 Å². The molecule has 2 aromatic rings. The van der Waals surface area contributed by atoms with E-state index in [1.54, 1.807) is 13.0 Å². The number of aryl methyl sites for hydroxylation is 1. The minimum atomic E-state index is -0.255. The molecular weight excluding hydrogens is 338 g/mol. The zero-order chi connectivity index (χ0) is 19.1. The smallest absolute Gasteiger partial charge is 0.305 e. The number of aliphatic hydroxyl groups excluding tert-OH is 2. The van der Waals surface area contributed by atoms with Gasteiger partial charge in [0.1, 0.15) is 0 Å². The minimum absolute atomic E-state index is 0.0384. The van der Waals surface area contributed by atoms with Crippen LogP contribution in [-0.2, 0) is 23.0 Å². The van der Waals surface area contributed by atoms with Crippen LogP contribution in [0, 0.1) is 5.21 Å². The second-order valence-electron chi connectivity index (χ2n) is 6.04. The lowest BCUT2D eigenvalue weighted by Gasteiger charge is -2.22. The molecule has 0 bridgehead atoms. The maximum atomic E-state index is 12.7. The Bertz CT molecular complexity index is 738. The van der Waals surface area contributed by atoms with Crippen LogP contribution in [0.15, 0.2) is 18.2 Å². The van der Waals surface area contributed by atoms with Gasteiger partial charge in [0.25, 0.3) is 5.82 Å². The number of rotatable bonds is 10. The lowest BCUT2D eigenvalue weighted by Crippen LogP contribution is -2.32. The first kappa shape index (κ1) is 20.0. The fraction of sp³-hybridized carbons (Fsp3) is 0.556. The van der Waals surface area contributed by atoms with E-state index in [0.717, 1.165) is 15.9 Å². The predicted molar refractivity (Wildman–Crippen MR) is 97.8 cm³/mol. The number of anilines is 1. The number of carbonyl (C=O) groups excluding carboxylic acids is 1. The highest BCUT2D eigenvalue weighted by Gasteiger charge is 2.20. The molecule has 1 heterocycles. The molecule has 144 valence electrons. The molecule has 1 aromatic heterocycles. The number of esters is 1. The molecule has 26 heavy (non-hydrogen) atoms. The van der Waals surface area contributed by atoms with Crippen molar-refractivity contribution in [1.29, 1.82) is 0 Å². The summed E-state index contributed by atoms with van der Waals surface area (Å²) in [5.74, 6) is 0.326. The highest BCUT2D eigenvalue weighted by atomic mass is 16.5. The van der Waals surface area contributed by atoms with E-state index in [9.17, 15) is 20.2 Å². The Morgan fingerprint density at radius 1 is 1.31 bits per heavy atom. The molecule has 0 saturated heterocycles. The summed E-state index contributed by atoms with van der Waals surface area (Å²) >= 11 is 0. The third kappa shape index (κ3) is 4.44. The van der Waals surface area contributed by atoms with Gasteiger partial charge in [-0.3, -0.25) is 4.79 Å². The number of carbonyl (C=O) groups is 1. The summed E-state index contributed by atoms with van der Waals surface area (Å²) < 4.78 is 7.63. The van der Waals surface area contributed by atoms with E-state index in [-0.39, 0.29) is 25.6 Å². The molecule has 0 spiro atoms. The van der Waals surface area contributed by atoms with Gasteiger partial charge in [-0.1, -0.05) is 0 Å². The van der Waals surface area contributed by atoms with E-state index in [0.29, 0.717) is 43.9 Å². The van der Waals surface area contributed by atoms with Crippen molar-refractivity contribution >= 4 is 22.7 Å². The molecule has 0 aliphatic heterocycles. The molecule has 8 heteroatoms. The van der Waals surface area contributed by atoms with Crippen LogP contribution in [0.25, 0.3) is 11.0 Å². The van der Waals surface area contributed by atoms with Gasteiger partial charge in [-0.05, 0) is 25.5 Å². The van der Waals surface area contributed by atoms with Gasteiger partial charge in [0.15, 0.2) is 11.0 Å². The number of hydrogen-bond donors (Lipinski definition) is 2. The first-order valence-electron chi connectivity index (χ1n) is 8.86. The predicted octanol–water partition coefficient (Wildman–Crippen LogP) is 0.488. The van der Waals surface area contributed by atoms with Crippen molar-refractivity contribution in [3.8, 4) is 0 Å². The molecule has 0 saturated carbocycles. The summed E-state index contributed by atoms with van der Waals surface area (Å²) in [6, 6.07) is 5.49. The average molecular weight is 365 g/mol. The third-order valence-electron chi connectivity index (χ3n) is 4.35. The van der Waals surface area contributed by atoms with Gasteiger partial charge in [0.2, 0.25) is 0 Å². The van der Waals surface area contributed by atoms with Crippen LogP contribution in [0.4, 0.5) is 5.69 Å². The Morgan fingerprint density at radius 2 is 2.00 bits per heavy atom. The second-order valence-corrected chi connectivity index (χ2v) is 6.04. The molecule has 0 aliphatic rings. The molecule has 2 N–H and O–H groups in total. The van der Waals surface area contributed by atoms with Crippen molar-refractivity contribution in [2.24, 2.45) is 7.05 Å². The molecule has 0 amide bonds.